The predicted octanol–water partition coefficient (Wildman–Crippen LogP) is 3.50. The third-order valence-electron chi connectivity index (χ3n) is 3.72. The van der Waals surface area contributed by atoms with Crippen LogP contribution in [-0.4, -0.2) is 22.2 Å². The van der Waals surface area contributed by atoms with Gasteiger partial charge in [0.2, 0.25) is 0 Å². The smallest absolute Gasteiger partial charge is 0.257 e. The van der Waals surface area contributed by atoms with Gasteiger partial charge in [-0.2, -0.15) is 0 Å². The van der Waals surface area contributed by atoms with Gasteiger partial charge in [0.1, 0.15) is 5.75 Å². The lowest BCUT2D eigenvalue weighted by Gasteiger charge is -2.11. The van der Waals surface area contributed by atoms with Crippen LogP contribution in [0.4, 0.5) is 0 Å². The van der Waals surface area contributed by atoms with E-state index < -0.39 is 0 Å². The molecule has 6 nitrogen and oxygen atoms in total. The number of carbonyl (C=O) groups excluding carboxylic acids is 1. The van der Waals surface area contributed by atoms with Crippen molar-refractivity contribution in [3.63, 3.8) is 0 Å². The molecule has 6 heteroatoms. The Morgan fingerprint density at radius 2 is 2.16 bits per heavy atom. The molecule has 0 unspecified atom stereocenters. The van der Waals surface area contributed by atoms with Crippen molar-refractivity contribution < 1.29 is 14.1 Å². The van der Waals surface area contributed by atoms with Gasteiger partial charge in [0.15, 0.2) is 0 Å². The van der Waals surface area contributed by atoms with Crippen molar-refractivity contribution in [3.8, 4) is 5.75 Å². The monoisotopic (exact) mass is 339 g/mol. The van der Waals surface area contributed by atoms with Gasteiger partial charge in [-0.15, -0.1) is 0 Å². The first-order chi connectivity index (χ1) is 12.1. The van der Waals surface area contributed by atoms with Crippen LogP contribution < -0.4 is 10.1 Å². The maximum atomic E-state index is 12.4. The van der Waals surface area contributed by atoms with Crippen molar-refractivity contribution in [2.75, 3.05) is 0 Å². The third-order valence-corrected chi connectivity index (χ3v) is 3.72. The molecule has 0 aliphatic carbocycles. The van der Waals surface area contributed by atoms with E-state index >= 15 is 0 Å². The fraction of sp³-hybridized carbons (Fsp3) is 0.316. The Hall–Kier alpha value is -2.89. The highest BCUT2D eigenvalue weighted by Crippen LogP contribution is 2.18. The van der Waals surface area contributed by atoms with Crippen LogP contribution in [0.3, 0.4) is 0 Å². The van der Waals surface area contributed by atoms with E-state index in [1.54, 1.807) is 6.07 Å². The molecule has 25 heavy (non-hydrogen) atoms. The summed E-state index contributed by atoms with van der Waals surface area (Å²) in [4.78, 5) is 16.6. The molecule has 3 rings (SSSR count). The zero-order valence-corrected chi connectivity index (χ0v) is 14.6. The first-order valence-electron chi connectivity index (χ1n) is 8.35. The number of nitrogens with zero attached hydrogens (tertiary/aromatic N) is 2. The van der Waals surface area contributed by atoms with E-state index in [0.717, 1.165) is 28.8 Å². The number of aromatic nitrogens is 2. The number of fused-ring (bicyclic) bond motifs is 1. The Labute approximate surface area is 146 Å². The lowest BCUT2D eigenvalue weighted by molar-refractivity contribution is 0.0950. The second-order valence-electron chi connectivity index (χ2n) is 6.06. The van der Waals surface area contributed by atoms with E-state index in [2.05, 4.69) is 15.5 Å². The normalized spacial score (nSPS) is 11.0. The number of ether oxygens (including phenoxy) is 1. The number of nitrogens with one attached hydrogen (secondary N) is 1. The summed E-state index contributed by atoms with van der Waals surface area (Å²) in [5, 5.41) is 7.64. The molecule has 2 aromatic heterocycles. The highest BCUT2D eigenvalue weighted by atomic mass is 16.5. The van der Waals surface area contributed by atoms with E-state index in [1.807, 2.05) is 45.0 Å². The molecular formula is C19H21N3O3. The average Bonchev–Trinajstić information content (AvgIpc) is 3.01. The molecule has 1 N–H and O–H groups in total. The Balaban J connectivity index is 1.70. The van der Waals surface area contributed by atoms with Crippen LogP contribution in [0.2, 0.25) is 0 Å². The number of hydrogen-bond acceptors (Lipinski definition) is 5. The summed E-state index contributed by atoms with van der Waals surface area (Å²) in [6.45, 7) is 6.35. The van der Waals surface area contributed by atoms with Crippen LogP contribution in [0.25, 0.3) is 11.1 Å². The maximum Gasteiger partial charge on any atom is 0.257 e. The van der Waals surface area contributed by atoms with Gasteiger partial charge in [-0.25, -0.2) is 4.98 Å². The SMILES string of the molecule is CCc1noc2ncc(C(=O)NCc3cccc(OC(C)C)c3)cc12. The second kappa shape index (κ2) is 7.34. The van der Waals surface area contributed by atoms with E-state index in [4.69, 9.17) is 9.26 Å². The van der Waals surface area contributed by atoms with Gasteiger partial charge in [-0.1, -0.05) is 24.2 Å². The summed E-state index contributed by atoms with van der Waals surface area (Å²) in [6.07, 6.45) is 2.34. The van der Waals surface area contributed by atoms with Gasteiger partial charge < -0.3 is 14.6 Å². The summed E-state index contributed by atoms with van der Waals surface area (Å²) in [5.41, 5.74) is 2.71. The van der Waals surface area contributed by atoms with Crippen LogP contribution in [0.1, 0.15) is 42.4 Å². The number of hydrogen-bond donors (Lipinski definition) is 1. The first-order valence-corrected chi connectivity index (χ1v) is 8.35. The van der Waals surface area contributed by atoms with Gasteiger partial charge in [-0.3, -0.25) is 4.79 Å². The quantitative estimate of drug-likeness (QED) is 0.744. The number of pyridine rings is 1. The molecule has 0 aliphatic rings. The minimum atomic E-state index is -0.187. The summed E-state index contributed by atoms with van der Waals surface area (Å²) >= 11 is 0. The highest BCUT2D eigenvalue weighted by molar-refractivity contribution is 5.96. The molecule has 0 spiro atoms. The number of rotatable bonds is 6. The summed E-state index contributed by atoms with van der Waals surface area (Å²) in [6, 6.07) is 9.46. The zero-order chi connectivity index (χ0) is 17.8. The topological polar surface area (TPSA) is 77.2 Å². The van der Waals surface area contributed by atoms with Crippen LogP contribution in [-0.2, 0) is 13.0 Å². The van der Waals surface area contributed by atoms with Crippen LogP contribution in [0.5, 0.6) is 5.75 Å². The van der Waals surface area contributed by atoms with Crippen LogP contribution in [0, 0.1) is 0 Å². The van der Waals surface area contributed by atoms with Gasteiger partial charge in [0, 0.05) is 12.7 Å². The molecule has 130 valence electrons. The van der Waals surface area contributed by atoms with E-state index in [1.165, 1.54) is 6.20 Å². The zero-order valence-electron chi connectivity index (χ0n) is 14.6. The molecule has 1 aromatic carbocycles. The molecule has 1 amide bonds. The molecule has 0 saturated carbocycles. The molecule has 2 heterocycles. The number of carbonyl (C=O) groups is 1. The molecule has 0 aliphatic heterocycles. The highest BCUT2D eigenvalue weighted by Gasteiger charge is 2.12. The van der Waals surface area contributed by atoms with Crippen molar-refractivity contribution in [2.45, 2.75) is 39.8 Å². The fourth-order valence-corrected chi connectivity index (χ4v) is 2.54. The van der Waals surface area contributed by atoms with Gasteiger partial charge in [0.05, 0.1) is 22.7 Å². The third kappa shape index (κ3) is 3.96. The largest absolute Gasteiger partial charge is 0.491 e. The Morgan fingerprint density at radius 1 is 1.32 bits per heavy atom. The number of aryl methyl sites for hydroxylation is 1. The number of amides is 1. The van der Waals surface area contributed by atoms with E-state index in [9.17, 15) is 4.79 Å². The molecule has 0 bridgehead atoms. The summed E-state index contributed by atoms with van der Waals surface area (Å²) in [7, 11) is 0. The lowest BCUT2D eigenvalue weighted by atomic mass is 10.1. The number of benzene rings is 1. The first kappa shape index (κ1) is 17.0. The molecule has 0 radical (unpaired) electrons. The molecule has 3 aromatic rings. The second-order valence-corrected chi connectivity index (χ2v) is 6.06. The molecule has 0 fully saturated rings. The van der Waals surface area contributed by atoms with Crippen LogP contribution in [0.15, 0.2) is 41.1 Å². The van der Waals surface area contributed by atoms with Crippen LogP contribution >= 0.6 is 0 Å². The maximum absolute atomic E-state index is 12.4. The van der Waals surface area contributed by atoms with Crippen molar-refractivity contribution in [3.05, 3.63) is 53.3 Å². The van der Waals surface area contributed by atoms with Gasteiger partial charge >= 0.3 is 0 Å². The van der Waals surface area contributed by atoms with Gasteiger partial charge in [0.25, 0.3) is 11.6 Å². The fourth-order valence-electron chi connectivity index (χ4n) is 2.54. The van der Waals surface area contributed by atoms with Gasteiger partial charge in [-0.05, 0) is 44.0 Å². The molecular weight excluding hydrogens is 318 g/mol. The summed E-state index contributed by atoms with van der Waals surface area (Å²) in [5.74, 6) is 0.606. The minimum Gasteiger partial charge on any atom is -0.491 e. The molecule has 0 atom stereocenters. The van der Waals surface area contributed by atoms with Crippen molar-refractivity contribution in [1.82, 2.24) is 15.5 Å². The predicted molar refractivity (Wildman–Crippen MR) is 94.6 cm³/mol. The Kier molecular flexibility index (Phi) is 4.97. The minimum absolute atomic E-state index is 0.110. The molecule has 0 saturated heterocycles. The van der Waals surface area contributed by atoms with E-state index in [-0.39, 0.29) is 12.0 Å². The Bertz CT molecular complexity index is 887. The van der Waals surface area contributed by atoms with Crippen molar-refractivity contribution in [1.29, 1.82) is 0 Å². The van der Waals surface area contributed by atoms with E-state index in [0.29, 0.717) is 17.8 Å². The lowest BCUT2D eigenvalue weighted by Crippen LogP contribution is -2.23. The summed E-state index contributed by atoms with van der Waals surface area (Å²) < 4.78 is 10.8. The average molecular weight is 339 g/mol. The standard InChI is InChI=1S/C19H21N3O3/c1-4-17-16-9-14(11-21-19(16)25-22-17)18(23)20-10-13-6-5-7-15(8-13)24-12(2)3/h5-9,11-12H,4,10H2,1-3H3,(H,20,23). The Morgan fingerprint density at radius 3 is 2.92 bits per heavy atom. The van der Waals surface area contributed by atoms with Crippen molar-refractivity contribution in [2.24, 2.45) is 0 Å². The van der Waals surface area contributed by atoms with Crippen molar-refractivity contribution >= 4 is 17.0 Å².